The second kappa shape index (κ2) is 8.12. The normalized spacial score (nSPS) is 10.7. The molecule has 4 aromatic rings. The van der Waals surface area contributed by atoms with Gasteiger partial charge in [-0.1, -0.05) is 66.4 Å². The predicted octanol–water partition coefficient (Wildman–Crippen LogP) is 4.61. The summed E-state index contributed by atoms with van der Waals surface area (Å²) in [6.07, 6.45) is 0. The minimum Gasteiger partial charge on any atom is -0.283 e. The third-order valence-corrected chi connectivity index (χ3v) is 5.48. The van der Waals surface area contributed by atoms with Crippen molar-refractivity contribution < 1.29 is 0 Å². The summed E-state index contributed by atoms with van der Waals surface area (Å²) in [6.45, 7) is 0.470. The third kappa shape index (κ3) is 3.83. The standard InChI is InChI=1S/C23H17N3OS/c24-14-18-9-6-10-19(13-18)16-28-23-25-21-12-5-4-11-20(21)22(27)26(23)15-17-7-2-1-3-8-17/h1-13H,15-16H2. The summed E-state index contributed by atoms with van der Waals surface area (Å²) in [7, 11) is 0. The Morgan fingerprint density at radius 1 is 0.929 bits per heavy atom. The van der Waals surface area contributed by atoms with E-state index >= 15 is 0 Å². The number of rotatable bonds is 5. The van der Waals surface area contributed by atoms with Crippen molar-refractivity contribution in [2.24, 2.45) is 0 Å². The van der Waals surface area contributed by atoms with Crippen molar-refractivity contribution >= 4 is 22.7 Å². The second-order valence-corrected chi connectivity index (χ2v) is 7.33. The quantitative estimate of drug-likeness (QED) is 0.373. The Bertz CT molecular complexity index is 1230. The van der Waals surface area contributed by atoms with E-state index in [4.69, 9.17) is 10.2 Å². The van der Waals surface area contributed by atoms with Crippen LogP contribution in [0.3, 0.4) is 0 Å². The summed E-state index contributed by atoms with van der Waals surface area (Å²) in [6, 6.07) is 27.0. The molecule has 1 heterocycles. The zero-order chi connectivity index (χ0) is 19.3. The Kier molecular flexibility index (Phi) is 5.22. The molecule has 5 heteroatoms. The van der Waals surface area contributed by atoms with E-state index in [1.54, 1.807) is 10.6 Å². The number of nitrogens with zero attached hydrogens (tertiary/aromatic N) is 3. The Morgan fingerprint density at radius 2 is 1.68 bits per heavy atom. The van der Waals surface area contributed by atoms with E-state index in [1.165, 1.54) is 11.8 Å². The van der Waals surface area contributed by atoms with Crippen molar-refractivity contribution in [1.29, 1.82) is 5.26 Å². The first kappa shape index (κ1) is 18.0. The number of nitriles is 1. The average Bonchev–Trinajstić information content (AvgIpc) is 2.75. The maximum absolute atomic E-state index is 13.1. The van der Waals surface area contributed by atoms with Crippen LogP contribution in [0, 0.1) is 11.3 Å². The van der Waals surface area contributed by atoms with E-state index in [9.17, 15) is 4.79 Å². The molecule has 0 radical (unpaired) electrons. The molecule has 3 aromatic carbocycles. The molecule has 0 saturated carbocycles. The lowest BCUT2D eigenvalue weighted by Gasteiger charge is -2.13. The topological polar surface area (TPSA) is 58.7 Å². The maximum Gasteiger partial charge on any atom is 0.262 e. The highest BCUT2D eigenvalue weighted by Gasteiger charge is 2.12. The summed E-state index contributed by atoms with van der Waals surface area (Å²) < 4.78 is 1.73. The molecule has 0 amide bonds. The summed E-state index contributed by atoms with van der Waals surface area (Å²) in [5, 5.41) is 10.4. The minimum atomic E-state index is -0.0391. The fraction of sp³-hybridized carbons (Fsp3) is 0.0870. The van der Waals surface area contributed by atoms with Gasteiger partial charge >= 0.3 is 0 Å². The Labute approximate surface area is 167 Å². The number of hydrogen-bond acceptors (Lipinski definition) is 4. The van der Waals surface area contributed by atoms with Crippen molar-refractivity contribution in [2.45, 2.75) is 17.5 Å². The van der Waals surface area contributed by atoms with Crippen molar-refractivity contribution in [3.05, 3.63) is 106 Å². The molecule has 136 valence electrons. The van der Waals surface area contributed by atoms with Crippen LogP contribution in [0.5, 0.6) is 0 Å². The van der Waals surface area contributed by atoms with Gasteiger partial charge in [0, 0.05) is 5.75 Å². The first-order chi connectivity index (χ1) is 13.7. The van der Waals surface area contributed by atoms with Gasteiger partial charge in [-0.25, -0.2) is 4.98 Å². The molecule has 4 rings (SSSR count). The van der Waals surface area contributed by atoms with E-state index in [-0.39, 0.29) is 5.56 Å². The van der Waals surface area contributed by atoms with Crippen molar-refractivity contribution in [1.82, 2.24) is 9.55 Å². The molecule has 0 aliphatic rings. The molecule has 1 aromatic heterocycles. The maximum atomic E-state index is 13.1. The smallest absolute Gasteiger partial charge is 0.262 e. The van der Waals surface area contributed by atoms with Gasteiger partial charge in [0.15, 0.2) is 5.16 Å². The van der Waals surface area contributed by atoms with Gasteiger partial charge in [-0.05, 0) is 35.4 Å². The number of hydrogen-bond donors (Lipinski definition) is 0. The molecule has 0 saturated heterocycles. The molecule has 0 fully saturated rings. The molecule has 28 heavy (non-hydrogen) atoms. The first-order valence-corrected chi connectivity index (χ1v) is 9.88. The van der Waals surface area contributed by atoms with Crippen LogP contribution in [0.2, 0.25) is 0 Å². The third-order valence-electron chi connectivity index (χ3n) is 4.43. The van der Waals surface area contributed by atoms with Gasteiger partial charge in [0.2, 0.25) is 0 Å². The largest absolute Gasteiger partial charge is 0.283 e. The van der Waals surface area contributed by atoms with Crippen LogP contribution < -0.4 is 5.56 Å². The van der Waals surface area contributed by atoms with Crippen LogP contribution in [0.1, 0.15) is 16.7 Å². The SMILES string of the molecule is N#Cc1cccc(CSc2nc3ccccc3c(=O)n2Cc2ccccc2)c1. The number of thioether (sulfide) groups is 1. The van der Waals surface area contributed by atoms with Crippen LogP contribution >= 0.6 is 11.8 Å². The Balaban J connectivity index is 1.73. The molecule has 0 spiro atoms. The lowest BCUT2D eigenvalue weighted by atomic mass is 10.2. The fourth-order valence-electron chi connectivity index (χ4n) is 3.04. The Morgan fingerprint density at radius 3 is 2.50 bits per heavy atom. The lowest BCUT2D eigenvalue weighted by Crippen LogP contribution is -2.24. The van der Waals surface area contributed by atoms with Crippen molar-refractivity contribution in [3.8, 4) is 6.07 Å². The van der Waals surface area contributed by atoms with Gasteiger partial charge in [-0.2, -0.15) is 5.26 Å². The van der Waals surface area contributed by atoms with Gasteiger partial charge in [-0.3, -0.25) is 9.36 Å². The number of aromatic nitrogens is 2. The highest BCUT2D eigenvalue weighted by atomic mass is 32.2. The highest BCUT2D eigenvalue weighted by molar-refractivity contribution is 7.98. The van der Waals surface area contributed by atoms with Crippen LogP contribution in [0.4, 0.5) is 0 Å². The van der Waals surface area contributed by atoms with E-state index in [0.29, 0.717) is 33.9 Å². The molecule has 0 aliphatic carbocycles. The molecule has 4 nitrogen and oxygen atoms in total. The van der Waals surface area contributed by atoms with Crippen LogP contribution in [0.15, 0.2) is 88.8 Å². The molecule has 0 bridgehead atoms. The zero-order valence-electron chi connectivity index (χ0n) is 15.1. The summed E-state index contributed by atoms with van der Waals surface area (Å²) in [5.74, 6) is 0.634. The number of fused-ring (bicyclic) bond motifs is 1. The van der Waals surface area contributed by atoms with Gasteiger partial charge < -0.3 is 0 Å². The Hall–Kier alpha value is -3.36. The molecular formula is C23H17N3OS. The highest BCUT2D eigenvalue weighted by Crippen LogP contribution is 2.23. The molecule has 0 aliphatic heterocycles. The summed E-state index contributed by atoms with van der Waals surface area (Å²) >= 11 is 1.51. The van der Waals surface area contributed by atoms with Gasteiger partial charge in [0.05, 0.1) is 29.1 Å². The van der Waals surface area contributed by atoms with Crippen molar-refractivity contribution in [2.75, 3.05) is 0 Å². The second-order valence-electron chi connectivity index (χ2n) is 6.39. The molecule has 0 unspecified atom stereocenters. The van der Waals surface area contributed by atoms with Crippen LogP contribution in [0.25, 0.3) is 10.9 Å². The van der Waals surface area contributed by atoms with Gasteiger partial charge in [0.1, 0.15) is 0 Å². The fourth-order valence-corrected chi connectivity index (χ4v) is 3.98. The van der Waals surface area contributed by atoms with Gasteiger partial charge in [0.25, 0.3) is 5.56 Å². The van der Waals surface area contributed by atoms with E-state index < -0.39 is 0 Å². The summed E-state index contributed by atoms with van der Waals surface area (Å²) in [5.41, 5.74) is 3.37. The molecule has 0 atom stereocenters. The predicted molar refractivity (Wildman–Crippen MR) is 112 cm³/mol. The van der Waals surface area contributed by atoms with E-state index in [0.717, 1.165) is 11.1 Å². The van der Waals surface area contributed by atoms with E-state index in [1.807, 2.05) is 72.8 Å². The van der Waals surface area contributed by atoms with E-state index in [2.05, 4.69) is 6.07 Å². The monoisotopic (exact) mass is 383 g/mol. The average molecular weight is 383 g/mol. The summed E-state index contributed by atoms with van der Waals surface area (Å²) in [4.78, 5) is 17.9. The van der Waals surface area contributed by atoms with Crippen LogP contribution in [-0.2, 0) is 12.3 Å². The number of para-hydroxylation sites is 1. The lowest BCUT2D eigenvalue weighted by molar-refractivity contribution is 0.658. The minimum absolute atomic E-state index is 0.0391. The number of benzene rings is 3. The van der Waals surface area contributed by atoms with Crippen LogP contribution in [-0.4, -0.2) is 9.55 Å². The zero-order valence-corrected chi connectivity index (χ0v) is 15.9. The van der Waals surface area contributed by atoms with Crippen molar-refractivity contribution in [3.63, 3.8) is 0 Å². The molecular weight excluding hydrogens is 366 g/mol. The first-order valence-electron chi connectivity index (χ1n) is 8.90. The molecule has 0 N–H and O–H groups in total. The van der Waals surface area contributed by atoms with Gasteiger partial charge in [-0.15, -0.1) is 0 Å².